The summed E-state index contributed by atoms with van der Waals surface area (Å²) in [5.41, 5.74) is 18.1. The Morgan fingerprint density at radius 2 is 0.750 bits per heavy atom. The topological polar surface area (TPSA) is 57.4 Å². The van der Waals surface area contributed by atoms with Crippen LogP contribution in [0.3, 0.4) is 0 Å². The molecule has 246 valence electrons. The molecule has 0 saturated heterocycles. The van der Waals surface area contributed by atoms with Gasteiger partial charge in [0, 0.05) is 49.9 Å². The first-order valence-electron chi connectivity index (χ1n) is 17.5. The van der Waals surface area contributed by atoms with Crippen molar-refractivity contribution in [2.45, 2.75) is 13.8 Å². The van der Waals surface area contributed by atoms with Crippen LogP contribution in [-0.2, 0) is 0 Å². The maximum absolute atomic E-state index is 5.39. The molecule has 2 aliphatic heterocycles. The molecule has 3 aromatic heterocycles. The van der Waals surface area contributed by atoms with Crippen LogP contribution in [0, 0.1) is 18.8 Å². The molecule has 0 spiro atoms. The first kappa shape index (κ1) is 31.1. The molecule has 4 aromatic carbocycles. The zero-order valence-electron chi connectivity index (χ0n) is 28.9. The summed E-state index contributed by atoms with van der Waals surface area (Å²) in [5.74, 6) is 6.20. The highest BCUT2D eigenvalue weighted by atomic mass is 14.8. The van der Waals surface area contributed by atoms with Crippen LogP contribution < -0.4 is 0 Å². The van der Waals surface area contributed by atoms with Gasteiger partial charge in [0.2, 0.25) is 0 Å². The third-order valence-electron chi connectivity index (χ3n) is 9.66. The lowest BCUT2D eigenvalue weighted by molar-refractivity contribution is 1.31. The quantitative estimate of drug-likeness (QED) is 0.184. The predicted octanol–water partition coefficient (Wildman–Crippen LogP) is 12.0. The molecule has 52 heavy (non-hydrogen) atoms. The van der Waals surface area contributed by atoms with Crippen molar-refractivity contribution < 1.29 is 0 Å². The van der Waals surface area contributed by atoms with Gasteiger partial charge in [0.1, 0.15) is 0 Å². The van der Waals surface area contributed by atoms with Crippen LogP contribution in [0.4, 0.5) is 0 Å². The molecule has 8 bridgehead atoms. The summed E-state index contributed by atoms with van der Waals surface area (Å²) in [4.78, 5) is 18.4. The molecule has 0 unspecified atom stereocenters. The third-order valence-corrected chi connectivity index (χ3v) is 9.66. The van der Waals surface area contributed by atoms with Crippen molar-refractivity contribution in [2.75, 3.05) is 0 Å². The minimum absolute atomic E-state index is 0.881. The summed E-state index contributed by atoms with van der Waals surface area (Å²) in [5, 5.41) is 0. The molecule has 0 saturated carbocycles. The minimum Gasteiger partial charge on any atom is -0.354 e. The first-order valence-corrected chi connectivity index (χ1v) is 17.5. The fourth-order valence-corrected chi connectivity index (χ4v) is 7.21. The second kappa shape index (κ2) is 13.1. The lowest BCUT2D eigenvalue weighted by Gasteiger charge is -2.07. The molecule has 9 rings (SSSR count). The van der Waals surface area contributed by atoms with E-state index >= 15 is 0 Å². The van der Waals surface area contributed by atoms with Crippen LogP contribution in [0.2, 0.25) is 0 Å². The van der Waals surface area contributed by atoms with E-state index in [0.717, 1.165) is 94.9 Å². The largest absolute Gasteiger partial charge is 0.354 e. The van der Waals surface area contributed by atoms with Crippen molar-refractivity contribution in [3.63, 3.8) is 0 Å². The van der Waals surface area contributed by atoms with E-state index in [2.05, 4.69) is 174 Å². The third kappa shape index (κ3) is 5.65. The SMILES string of the molecule is CC#Cc1ccc(-c2c3nc(c(-c4ccccc4)c4ccc([nH]4)c(-c4ccc(C)cc4)c4nc(c(-c5ccccc5)c5ccc2[nH]5)C=C4)C=C3)cc1. The standard InChI is InChI=1S/C48H34N4/c1-3-10-32-17-21-36(22-18-32)48-43-29-25-39(51-43)45(33-11-6-4-7-12-33)37-23-27-41(49-37)47(35-19-15-31(2)16-20-35)42-28-24-38(50-42)46(34-13-8-5-9-14-34)40-26-30-44(48)52-40/h4-9,11-30,49,52H,1-2H3. The van der Waals surface area contributed by atoms with Crippen molar-refractivity contribution >= 4 is 46.4 Å². The van der Waals surface area contributed by atoms with Crippen LogP contribution in [-0.4, -0.2) is 19.9 Å². The van der Waals surface area contributed by atoms with Gasteiger partial charge in [0.15, 0.2) is 0 Å². The van der Waals surface area contributed by atoms with Gasteiger partial charge in [-0.3, -0.25) is 0 Å². The number of aromatic nitrogens is 4. The summed E-state index contributed by atoms with van der Waals surface area (Å²) in [6.07, 6.45) is 8.54. The normalized spacial score (nSPS) is 11.7. The molecule has 2 N–H and O–H groups in total. The van der Waals surface area contributed by atoms with Crippen LogP contribution in [0.1, 0.15) is 40.8 Å². The smallest absolute Gasteiger partial charge is 0.0737 e. The number of benzene rings is 4. The van der Waals surface area contributed by atoms with Gasteiger partial charge in [-0.15, -0.1) is 5.92 Å². The summed E-state index contributed by atoms with van der Waals surface area (Å²) in [7, 11) is 0. The number of fused-ring (bicyclic) bond motifs is 8. The molecular weight excluding hydrogens is 633 g/mol. The maximum atomic E-state index is 5.39. The first-order chi connectivity index (χ1) is 25.6. The van der Waals surface area contributed by atoms with Gasteiger partial charge < -0.3 is 9.97 Å². The monoisotopic (exact) mass is 666 g/mol. The van der Waals surface area contributed by atoms with E-state index < -0.39 is 0 Å². The number of hydrogen-bond acceptors (Lipinski definition) is 2. The van der Waals surface area contributed by atoms with E-state index in [1.54, 1.807) is 0 Å². The van der Waals surface area contributed by atoms with Gasteiger partial charge in [-0.1, -0.05) is 109 Å². The Labute approximate surface area is 302 Å². The summed E-state index contributed by atoms with van der Waals surface area (Å²) in [6, 6.07) is 46.8. The van der Waals surface area contributed by atoms with Crippen molar-refractivity contribution in [1.82, 2.24) is 19.9 Å². The Morgan fingerprint density at radius 1 is 0.404 bits per heavy atom. The molecule has 0 radical (unpaired) electrons. The highest BCUT2D eigenvalue weighted by Gasteiger charge is 2.18. The second-order valence-corrected chi connectivity index (χ2v) is 13.1. The van der Waals surface area contributed by atoms with Gasteiger partial charge in [-0.25, -0.2) is 9.97 Å². The molecule has 7 aromatic rings. The second-order valence-electron chi connectivity index (χ2n) is 13.1. The zero-order chi connectivity index (χ0) is 35.0. The Balaban J connectivity index is 1.46. The number of nitrogens with one attached hydrogen (secondary N) is 2. The molecule has 0 aliphatic carbocycles. The van der Waals surface area contributed by atoms with Crippen molar-refractivity contribution in [3.05, 3.63) is 167 Å². The van der Waals surface area contributed by atoms with Gasteiger partial charge in [-0.05, 0) is 96.8 Å². The Kier molecular flexibility index (Phi) is 7.80. The zero-order valence-corrected chi connectivity index (χ0v) is 28.9. The van der Waals surface area contributed by atoms with E-state index in [-0.39, 0.29) is 0 Å². The van der Waals surface area contributed by atoms with E-state index in [0.29, 0.717) is 0 Å². The number of rotatable bonds is 4. The predicted molar refractivity (Wildman–Crippen MR) is 218 cm³/mol. The molecule has 0 fully saturated rings. The fraction of sp³-hybridized carbons (Fsp3) is 0.0417. The van der Waals surface area contributed by atoms with Crippen LogP contribution in [0.25, 0.3) is 90.9 Å². The molecule has 4 heteroatoms. The van der Waals surface area contributed by atoms with E-state index in [9.17, 15) is 0 Å². The number of nitrogens with zero attached hydrogens (tertiary/aromatic N) is 2. The summed E-state index contributed by atoms with van der Waals surface area (Å²) in [6.45, 7) is 3.98. The van der Waals surface area contributed by atoms with Crippen LogP contribution in [0.5, 0.6) is 0 Å². The van der Waals surface area contributed by atoms with Gasteiger partial charge >= 0.3 is 0 Å². The minimum atomic E-state index is 0.881. The van der Waals surface area contributed by atoms with Gasteiger partial charge in [-0.2, -0.15) is 0 Å². The Bertz CT molecular complexity index is 2730. The molecule has 0 amide bonds. The molecule has 0 atom stereocenters. The highest BCUT2D eigenvalue weighted by molar-refractivity contribution is 5.99. The van der Waals surface area contributed by atoms with E-state index in [1.165, 1.54) is 5.56 Å². The fourth-order valence-electron chi connectivity index (χ4n) is 7.21. The van der Waals surface area contributed by atoms with Crippen molar-refractivity contribution in [2.24, 2.45) is 0 Å². The summed E-state index contributed by atoms with van der Waals surface area (Å²) >= 11 is 0. The number of aryl methyl sites for hydroxylation is 1. The maximum Gasteiger partial charge on any atom is 0.0737 e. The van der Waals surface area contributed by atoms with Crippen molar-refractivity contribution in [3.8, 4) is 56.3 Å². The Morgan fingerprint density at radius 3 is 1.12 bits per heavy atom. The average molecular weight is 667 g/mol. The van der Waals surface area contributed by atoms with Crippen molar-refractivity contribution in [1.29, 1.82) is 0 Å². The Hall–Kier alpha value is -6.96. The van der Waals surface area contributed by atoms with E-state index in [1.807, 2.05) is 19.1 Å². The lowest BCUT2D eigenvalue weighted by atomic mass is 10.0. The van der Waals surface area contributed by atoms with Crippen LogP contribution in [0.15, 0.2) is 133 Å². The van der Waals surface area contributed by atoms with Gasteiger partial charge in [0.25, 0.3) is 0 Å². The number of hydrogen-bond donors (Lipinski definition) is 2. The average Bonchev–Trinajstić information content (AvgIpc) is 4.02. The lowest BCUT2D eigenvalue weighted by Crippen LogP contribution is -1.90. The van der Waals surface area contributed by atoms with Gasteiger partial charge in [0.05, 0.1) is 22.8 Å². The molecule has 5 heterocycles. The van der Waals surface area contributed by atoms with E-state index in [4.69, 9.17) is 9.97 Å². The molecular formula is C48H34N4. The highest BCUT2D eigenvalue weighted by Crippen LogP contribution is 2.38. The van der Waals surface area contributed by atoms with Crippen LogP contribution >= 0.6 is 0 Å². The molecule has 2 aliphatic rings. The number of H-pyrrole nitrogens is 2. The summed E-state index contributed by atoms with van der Waals surface area (Å²) < 4.78 is 0. The molecule has 4 nitrogen and oxygen atoms in total. The number of aromatic amines is 2.